The van der Waals surface area contributed by atoms with Gasteiger partial charge in [-0.15, -0.1) is 0 Å². The Balaban J connectivity index is 1.68. The van der Waals surface area contributed by atoms with Gasteiger partial charge in [-0.2, -0.15) is 0 Å². The van der Waals surface area contributed by atoms with E-state index in [9.17, 15) is 9.59 Å². The normalized spacial score (nSPS) is 11.5. The molecule has 2 N–H and O–H groups in total. The lowest BCUT2D eigenvalue weighted by atomic mass is 10.1. The maximum absolute atomic E-state index is 11.9. The van der Waals surface area contributed by atoms with Crippen LogP contribution < -0.4 is 10.6 Å². The van der Waals surface area contributed by atoms with Crippen LogP contribution in [0.25, 0.3) is 0 Å². The van der Waals surface area contributed by atoms with Crippen molar-refractivity contribution in [3.63, 3.8) is 0 Å². The highest BCUT2D eigenvalue weighted by atomic mass is 16.2. The average Bonchev–Trinajstić information content (AvgIpc) is 2.60. The Hall–Kier alpha value is -2.62. The highest BCUT2D eigenvalue weighted by molar-refractivity contribution is 5.83. The minimum absolute atomic E-state index is 0.0592. The molecular weight excluding hydrogens is 288 g/mol. The predicted octanol–water partition coefficient (Wildman–Crippen LogP) is 2.96. The van der Waals surface area contributed by atoms with Crippen molar-refractivity contribution in [1.82, 2.24) is 10.6 Å². The topological polar surface area (TPSA) is 58.2 Å². The van der Waals surface area contributed by atoms with Crippen molar-refractivity contribution >= 4 is 11.8 Å². The Morgan fingerprint density at radius 3 is 2.09 bits per heavy atom. The van der Waals surface area contributed by atoms with Crippen molar-refractivity contribution < 1.29 is 9.59 Å². The van der Waals surface area contributed by atoms with Gasteiger partial charge in [0.1, 0.15) is 0 Å². The summed E-state index contributed by atoms with van der Waals surface area (Å²) in [5, 5.41) is 5.73. The summed E-state index contributed by atoms with van der Waals surface area (Å²) >= 11 is 0. The van der Waals surface area contributed by atoms with E-state index < -0.39 is 0 Å². The van der Waals surface area contributed by atoms with Crippen LogP contribution in [-0.4, -0.2) is 11.8 Å². The average molecular weight is 310 g/mol. The number of hydrogen-bond donors (Lipinski definition) is 2. The minimum atomic E-state index is -0.115. The molecule has 0 aliphatic carbocycles. The lowest BCUT2D eigenvalue weighted by Crippen LogP contribution is -2.29. The van der Waals surface area contributed by atoms with Gasteiger partial charge in [0.2, 0.25) is 11.8 Å². The molecule has 23 heavy (non-hydrogen) atoms. The zero-order valence-corrected chi connectivity index (χ0v) is 13.3. The van der Waals surface area contributed by atoms with E-state index in [1.807, 2.05) is 67.6 Å². The fraction of sp³-hybridized carbons (Fsp3) is 0.263. The maximum atomic E-state index is 11.9. The summed E-state index contributed by atoms with van der Waals surface area (Å²) < 4.78 is 0. The van der Waals surface area contributed by atoms with E-state index in [-0.39, 0.29) is 30.7 Å². The molecule has 0 aliphatic rings. The van der Waals surface area contributed by atoms with Crippen molar-refractivity contribution in [2.24, 2.45) is 0 Å². The summed E-state index contributed by atoms with van der Waals surface area (Å²) in [6.07, 6.45) is 0.387. The summed E-state index contributed by atoms with van der Waals surface area (Å²) in [5.74, 6) is -0.229. The van der Waals surface area contributed by atoms with Crippen molar-refractivity contribution in [2.45, 2.75) is 32.4 Å². The standard InChI is InChI=1S/C19H22N2O2/c1-15(17-10-6-3-7-11-17)21-19(23)13-12-18(22)20-14-16-8-4-2-5-9-16/h2-11,15H,12-14H2,1H3,(H,20,22)(H,21,23). The number of carbonyl (C=O) groups excluding carboxylic acids is 2. The first-order valence-corrected chi connectivity index (χ1v) is 7.80. The molecule has 120 valence electrons. The number of carbonyl (C=O) groups is 2. The quantitative estimate of drug-likeness (QED) is 0.826. The third-order valence-corrected chi connectivity index (χ3v) is 3.59. The highest BCUT2D eigenvalue weighted by Crippen LogP contribution is 2.11. The second kappa shape index (κ2) is 8.73. The van der Waals surface area contributed by atoms with Crippen LogP contribution in [0.2, 0.25) is 0 Å². The van der Waals surface area contributed by atoms with Crippen molar-refractivity contribution in [3.8, 4) is 0 Å². The van der Waals surface area contributed by atoms with Crippen LogP contribution in [0.5, 0.6) is 0 Å². The van der Waals surface area contributed by atoms with Gasteiger partial charge in [-0.25, -0.2) is 0 Å². The summed E-state index contributed by atoms with van der Waals surface area (Å²) in [4.78, 5) is 23.7. The van der Waals surface area contributed by atoms with Crippen molar-refractivity contribution in [2.75, 3.05) is 0 Å². The van der Waals surface area contributed by atoms with Gasteiger partial charge in [0.05, 0.1) is 6.04 Å². The molecule has 2 amide bonds. The van der Waals surface area contributed by atoms with Crippen LogP contribution >= 0.6 is 0 Å². The second-order valence-electron chi connectivity index (χ2n) is 5.46. The molecule has 0 fully saturated rings. The van der Waals surface area contributed by atoms with Crippen LogP contribution in [0.3, 0.4) is 0 Å². The fourth-order valence-electron chi connectivity index (χ4n) is 2.25. The third-order valence-electron chi connectivity index (χ3n) is 3.59. The maximum Gasteiger partial charge on any atom is 0.220 e. The van der Waals surface area contributed by atoms with E-state index in [0.717, 1.165) is 11.1 Å². The molecule has 1 unspecified atom stereocenters. The Bertz CT molecular complexity index is 626. The van der Waals surface area contributed by atoms with E-state index in [2.05, 4.69) is 10.6 Å². The molecule has 0 saturated carbocycles. The molecule has 4 nitrogen and oxygen atoms in total. The Morgan fingerprint density at radius 1 is 0.870 bits per heavy atom. The highest BCUT2D eigenvalue weighted by Gasteiger charge is 2.11. The van der Waals surface area contributed by atoms with Crippen LogP contribution in [0, 0.1) is 0 Å². The molecule has 0 bridgehead atoms. The zero-order chi connectivity index (χ0) is 16.5. The molecule has 2 aromatic rings. The first kappa shape index (κ1) is 16.7. The molecule has 0 spiro atoms. The molecule has 2 aromatic carbocycles. The first-order chi connectivity index (χ1) is 11.1. The summed E-state index contributed by atoms with van der Waals surface area (Å²) in [6, 6.07) is 19.4. The largest absolute Gasteiger partial charge is 0.352 e. The molecular formula is C19H22N2O2. The predicted molar refractivity (Wildman–Crippen MR) is 90.5 cm³/mol. The van der Waals surface area contributed by atoms with E-state index in [4.69, 9.17) is 0 Å². The Labute approximate surface area is 136 Å². The number of nitrogens with one attached hydrogen (secondary N) is 2. The number of rotatable bonds is 7. The van der Waals surface area contributed by atoms with Gasteiger partial charge >= 0.3 is 0 Å². The van der Waals surface area contributed by atoms with Gasteiger partial charge in [0, 0.05) is 19.4 Å². The summed E-state index contributed by atoms with van der Waals surface area (Å²) in [5.41, 5.74) is 2.09. The van der Waals surface area contributed by atoms with Gasteiger partial charge in [0.25, 0.3) is 0 Å². The van der Waals surface area contributed by atoms with Gasteiger partial charge in [-0.3, -0.25) is 9.59 Å². The zero-order valence-electron chi connectivity index (χ0n) is 13.3. The summed E-state index contributed by atoms with van der Waals surface area (Å²) in [7, 11) is 0. The molecule has 1 atom stereocenters. The first-order valence-electron chi connectivity index (χ1n) is 7.80. The SMILES string of the molecule is CC(NC(=O)CCC(=O)NCc1ccccc1)c1ccccc1. The molecule has 4 heteroatoms. The van der Waals surface area contributed by atoms with E-state index in [0.29, 0.717) is 6.54 Å². The molecule has 0 heterocycles. The van der Waals surface area contributed by atoms with Crippen molar-refractivity contribution in [1.29, 1.82) is 0 Å². The van der Waals surface area contributed by atoms with Crippen molar-refractivity contribution in [3.05, 3.63) is 71.8 Å². The van der Waals surface area contributed by atoms with Crippen LogP contribution in [0.1, 0.15) is 36.9 Å². The summed E-state index contributed by atoms with van der Waals surface area (Å²) in [6.45, 7) is 2.42. The fourth-order valence-corrected chi connectivity index (χ4v) is 2.25. The number of hydrogen-bond acceptors (Lipinski definition) is 2. The van der Waals surface area contributed by atoms with Gasteiger partial charge in [0.15, 0.2) is 0 Å². The molecule has 0 aromatic heterocycles. The second-order valence-corrected chi connectivity index (χ2v) is 5.46. The monoisotopic (exact) mass is 310 g/mol. The van der Waals surface area contributed by atoms with E-state index in [1.165, 1.54) is 0 Å². The van der Waals surface area contributed by atoms with E-state index in [1.54, 1.807) is 0 Å². The Kier molecular flexibility index (Phi) is 6.36. The molecule has 0 aliphatic heterocycles. The minimum Gasteiger partial charge on any atom is -0.352 e. The third kappa shape index (κ3) is 5.94. The van der Waals surface area contributed by atoms with Crippen LogP contribution in [0.15, 0.2) is 60.7 Å². The van der Waals surface area contributed by atoms with E-state index >= 15 is 0 Å². The smallest absolute Gasteiger partial charge is 0.220 e. The molecule has 2 rings (SSSR count). The molecule has 0 radical (unpaired) electrons. The Morgan fingerprint density at radius 2 is 1.43 bits per heavy atom. The van der Waals surface area contributed by atoms with Crippen LogP contribution in [0.4, 0.5) is 0 Å². The van der Waals surface area contributed by atoms with Gasteiger partial charge in [-0.1, -0.05) is 60.7 Å². The lowest BCUT2D eigenvalue weighted by Gasteiger charge is -2.14. The lowest BCUT2D eigenvalue weighted by molar-refractivity contribution is -0.126. The van der Waals surface area contributed by atoms with Crippen LogP contribution in [-0.2, 0) is 16.1 Å². The van der Waals surface area contributed by atoms with Gasteiger partial charge < -0.3 is 10.6 Å². The number of benzene rings is 2. The molecule has 0 saturated heterocycles. The van der Waals surface area contributed by atoms with Gasteiger partial charge in [-0.05, 0) is 18.1 Å². The number of amides is 2.